The molecule has 1 aliphatic rings. The highest BCUT2D eigenvalue weighted by atomic mass is 32.2. The van der Waals surface area contributed by atoms with E-state index in [1.807, 2.05) is 0 Å². The van der Waals surface area contributed by atoms with Gasteiger partial charge in [-0.15, -0.1) is 0 Å². The number of rotatable bonds is 6. The van der Waals surface area contributed by atoms with E-state index in [1.165, 1.54) is 38.6 Å². The Balaban J connectivity index is 1.98. The van der Waals surface area contributed by atoms with Crippen LogP contribution >= 0.6 is 0 Å². The molecule has 28 heavy (non-hydrogen) atoms. The zero-order chi connectivity index (χ0) is 20.5. The Labute approximate surface area is 163 Å². The van der Waals surface area contributed by atoms with Gasteiger partial charge in [-0.3, -0.25) is 9.78 Å². The highest BCUT2D eigenvalue weighted by Gasteiger charge is 2.42. The van der Waals surface area contributed by atoms with Gasteiger partial charge in [-0.05, 0) is 35.9 Å². The van der Waals surface area contributed by atoms with E-state index in [9.17, 15) is 21.6 Å². The van der Waals surface area contributed by atoms with Crippen molar-refractivity contribution in [2.75, 3.05) is 17.2 Å². The van der Waals surface area contributed by atoms with Crippen LogP contribution in [0.2, 0.25) is 0 Å². The summed E-state index contributed by atoms with van der Waals surface area (Å²) in [6, 6.07) is 7.11. The number of aromatic nitrogens is 1. The van der Waals surface area contributed by atoms with Crippen LogP contribution < -0.4 is 13.8 Å². The predicted octanol–water partition coefficient (Wildman–Crippen LogP) is 0.881. The molecule has 1 unspecified atom stereocenters. The molecule has 1 aromatic carbocycles. The van der Waals surface area contributed by atoms with Crippen molar-refractivity contribution >= 4 is 31.6 Å². The Bertz CT molecular complexity index is 1100. The fraction of sp³-hybridized carbons (Fsp3) is 0.294. The van der Waals surface area contributed by atoms with E-state index >= 15 is 0 Å². The van der Waals surface area contributed by atoms with Crippen molar-refractivity contribution in [3.63, 3.8) is 0 Å². The molecule has 0 spiro atoms. The van der Waals surface area contributed by atoms with Crippen molar-refractivity contribution in [1.82, 2.24) is 9.71 Å². The van der Waals surface area contributed by atoms with Crippen LogP contribution in [0.15, 0.2) is 47.6 Å². The summed E-state index contributed by atoms with van der Waals surface area (Å²) >= 11 is 0. The third kappa shape index (κ3) is 3.86. The van der Waals surface area contributed by atoms with Crippen LogP contribution in [0.25, 0.3) is 0 Å². The van der Waals surface area contributed by atoms with Gasteiger partial charge in [-0.25, -0.2) is 25.9 Å². The zero-order valence-corrected chi connectivity index (χ0v) is 16.8. The number of carbonyl (C=O) groups excluding carboxylic acids is 1. The van der Waals surface area contributed by atoms with Gasteiger partial charge in [0.25, 0.3) is 0 Å². The fourth-order valence-electron chi connectivity index (χ4n) is 2.85. The molecule has 1 aromatic heterocycles. The van der Waals surface area contributed by atoms with Gasteiger partial charge in [0.1, 0.15) is 10.6 Å². The lowest BCUT2D eigenvalue weighted by atomic mass is 10.2. The average Bonchev–Trinajstić information content (AvgIpc) is 2.87. The Morgan fingerprint density at radius 2 is 1.93 bits per heavy atom. The number of ether oxygens (including phenoxy) is 1. The van der Waals surface area contributed by atoms with Crippen molar-refractivity contribution in [2.45, 2.75) is 18.4 Å². The summed E-state index contributed by atoms with van der Waals surface area (Å²) < 4.78 is 58.4. The van der Waals surface area contributed by atoms with Crippen LogP contribution in [0.1, 0.15) is 12.5 Å². The Kier molecular flexibility index (Phi) is 5.41. The van der Waals surface area contributed by atoms with Crippen LogP contribution in [0.5, 0.6) is 5.75 Å². The van der Waals surface area contributed by atoms with Gasteiger partial charge in [0.15, 0.2) is 0 Å². The molecule has 0 saturated carbocycles. The molecule has 1 saturated heterocycles. The minimum atomic E-state index is -4.05. The second kappa shape index (κ2) is 7.49. The first-order valence-electron chi connectivity index (χ1n) is 8.29. The summed E-state index contributed by atoms with van der Waals surface area (Å²) in [7, 11) is -6.60. The minimum absolute atomic E-state index is 0.0101. The molecule has 2 aromatic rings. The molecule has 1 atom stereocenters. The Morgan fingerprint density at radius 1 is 1.25 bits per heavy atom. The second-order valence-corrected chi connectivity index (χ2v) is 9.90. The summed E-state index contributed by atoms with van der Waals surface area (Å²) in [6.07, 6.45) is 3.08. The maximum Gasteiger partial charge on any atom is 0.244 e. The van der Waals surface area contributed by atoms with Crippen LogP contribution in [-0.2, 0) is 31.4 Å². The van der Waals surface area contributed by atoms with E-state index < -0.39 is 31.9 Å². The third-order valence-corrected chi connectivity index (χ3v) is 7.54. The van der Waals surface area contributed by atoms with E-state index in [0.29, 0.717) is 9.87 Å². The molecular weight excluding hydrogens is 406 g/mol. The van der Waals surface area contributed by atoms with Crippen LogP contribution in [-0.4, -0.2) is 40.6 Å². The monoisotopic (exact) mass is 425 g/mol. The maximum atomic E-state index is 12.8. The lowest BCUT2D eigenvalue weighted by Gasteiger charge is -2.18. The summed E-state index contributed by atoms with van der Waals surface area (Å²) in [4.78, 5) is 15.9. The molecule has 0 aliphatic carbocycles. The van der Waals surface area contributed by atoms with E-state index in [0.717, 1.165) is 6.07 Å². The number of hydrogen-bond donors (Lipinski definition) is 1. The van der Waals surface area contributed by atoms with Crippen molar-refractivity contribution in [3.05, 3.63) is 48.3 Å². The van der Waals surface area contributed by atoms with Crippen molar-refractivity contribution in [2.24, 2.45) is 5.92 Å². The maximum absolute atomic E-state index is 12.8. The van der Waals surface area contributed by atoms with Gasteiger partial charge in [-0.1, -0.05) is 6.92 Å². The summed E-state index contributed by atoms with van der Waals surface area (Å²) in [6.45, 7) is 1.52. The number of methoxy groups -OCH3 is 1. The molecule has 0 radical (unpaired) electrons. The summed E-state index contributed by atoms with van der Waals surface area (Å²) in [5.41, 5.74) is 0.652. The number of hydrogen-bond acceptors (Lipinski definition) is 7. The highest BCUT2D eigenvalue weighted by Crippen LogP contribution is 2.33. The molecule has 1 fully saturated rings. The van der Waals surface area contributed by atoms with Gasteiger partial charge in [0.05, 0.1) is 24.5 Å². The minimum Gasteiger partial charge on any atom is -0.495 e. The highest BCUT2D eigenvalue weighted by molar-refractivity contribution is 7.94. The van der Waals surface area contributed by atoms with Gasteiger partial charge >= 0.3 is 0 Å². The van der Waals surface area contributed by atoms with Gasteiger partial charge in [0, 0.05) is 18.9 Å². The molecule has 9 nitrogen and oxygen atoms in total. The molecule has 11 heteroatoms. The van der Waals surface area contributed by atoms with Crippen LogP contribution in [0.3, 0.4) is 0 Å². The molecule has 2 heterocycles. The standard InChI is InChI=1S/C17H19N3O6S2/c1-12-11-27(22,23)20(17(12)21)14-3-4-15(26-2)16(9-14)28(24,25)19-10-13-5-7-18-8-6-13/h3-9,12,19H,10-11H2,1-2H3. The van der Waals surface area contributed by atoms with Gasteiger partial charge < -0.3 is 4.74 Å². The lowest BCUT2D eigenvalue weighted by molar-refractivity contribution is -0.119. The number of benzene rings is 1. The number of pyridine rings is 1. The van der Waals surface area contributed by atoms with Crippen LogP contribution in [0.4, 0.5) is 5.69 Å². The molecule has 150 valence electrons. The lowest BCUT2D eigenvalue weighted by Crippen LogP contribution is -2.31. The molecule has 0 bridgehead atoms. The number of amides is 1. The molecule has 1 amide bonds. The van der Waals surface area contributed by atoms with E-state index in [-0.39, 0.29) is 28.6 Å². The van der Waals surface area contributed by atoms with E-state index in [4.69, 9.17) is 4.74 Å². The Morgan fingerprint density at radius 3 is 2.50 bits per heavy atom. The topological polar surface area (TPSA) is 123 Å². The number of nitrogens with zero attached hydrogens (tertiary/aromatic N) is 2. The number of sulfonamides is 2. The Hall–Kier alpha value is -2.50. The van der Waals surface area contributed by atoms with Crippen LogP contribution in [0, 0.1) is 5.92 Å². The number of nitrogens with one attached hydrogen (secondary N) is 1. The summed E-state index contributed by atoms with van der Waals surface area (Å²) in [5, 5.41) is 0. The predicted molar refractivity (Wildman–Crippen MR) is 102 cm³/mol. The first-order valence-corrected chi connectivity index (χ1v) is 11.4. The normalized spacial score (nSPS) is 19.0. The number of carbonyl (C=O) groups is 1. The first-order chi connectivity index (χ1) is 13.2. The van der Waals surface area contributed by atoms with Crippen molar-refractivity contribution < 1.29 is 26.4 Å². The van der Waals surface area contributed by atoms with E-state index in [1.54, 1.807) is 12.1 Å². The zero-order valence-electron chi connectivity index (χ0n) is 15.2. The van der Waals surface area contributed by atoms with Gasteiger partial charge in [0.2, 0.25) is 26.0 Å². The third-order valence-electron chi connectivity index (χ3n) is 4.25. The molecule has 1 aliphatic heterocycles. The smallest absolute Gasteiger partial charge is 0.244 e. The van der Waals surface area contributed by atoms with Crippen molar-refractivity contribution in [3.8, 4) is 5.75 Å². The SMILES string of the molecule is COc1ccc(N2C(=O)C(C)CS2(=O)=O)cc1S(=O)(=O)NCc1ccncc1. The summed E-state index contributed by atoms with van der Waals surface area (Å²) in [5.74, 6) is -1.58. The first kappa shape index (κ1) is 20.2. The molecule has 1 N–H and O–H groups in total. The van der Waals surface area contributed by atoms with Gasteiger partial charge in [-0.2, -0.15) is 0 Å². The average molecular weight is 425 g/mol. The van der Waals surface area contributed by atoms with Crippen molar-refractivity contribution in [1.29, 1.82) is 0 Å². The molecule has 3 rings (SSSR count). The fourth-order valence-corrected chi connectivity index (χ4v) is 5.86. The molecular formula is C17H19N3O6S2. The largest absolute Gasteiger partial charge is 0.495 e. The number of anilines is 1. The second-order valence-electron chi connectivity index (χ2n) is 6.30. The van der Waals surface area contributed by atoms with E-state index in [2.05, 4.69) is 9.71 Å². The quantitative estimate of drug-likeness (QED) is 0.729.